The van der Waals surface area contributed by atoms with Gasteiger partial charge in [-0.15, -0.1) is 0 Å². The molecule has 1 aromatic heterocycles. The minimum atomic E-state index is 0.541. The SMILES string of the molecule is CCCCn1cc(C)nc1NC1CC1c1ccccc1. The number of aryl methyl sites for hydroxylation is 2. The molecule has 1 aliphatic carbocycles. The minimum Gasteiger partial charge on any atom is -0.352 e. The summed E-state index contributed by atoms with van der Waals surface area (Å²) < 4.78 is 2.26. The quantitative estimate of drug-likeness (QED) is 0.860. The normalized spacial score (nSPS) is 20.9. The monoisotopic (exact) mass is 269 g/mol. The molecule has 1 N–H and O–H groups in total. The fourth-order valence-electron chi connectivity index (χ4n) is 2.75. The van der Waals surface area contributed by atoms with E-state index in [1.807, 2.05) is 0 Å². The molecule has 0 bridgehead atoms. The highest BCUT2D eigenvalue weighted by molar-refractivity contribution is 5.38. The van der Waals surface area contributed by atoms with Crippen molar-refractivity contribution in [2.45, 2.75) is 51.6 Å². The Balaban J connectivity index is 1.65. The van der Waals surface area contributed by atoms with Crippen molar-refractivity contribution < 1.29 is 0 Å². The third-order valence-corrected chi connectivity index (χ3v) is 3.98. The van der Waals surface area contributed by atoms with Gasteiger partial charge in [0.2, 0.25) is 5.95 Å². The topological polar surface area (TPSA) is 29.9 Å². The van der Waals surface area contributed by atoms with E-state index in [0.29, 0.717) is 12.0 Å². The summed E-state index contributed by atoms with van der Waals surface area (Å²) in [4.78, 5) is 4.62. The molecule has 3 rings (SSSR count). The maximum atomic E-state index is 4.62. The van der Waals surface area contributed by atoms with Gasteiger partial charge in [-0.1, -0.05) is 43.7 Å². The van der Waals surface area contributed by atoms with Gasteiger partial charge in [0.05, 0.1) is 5.69 Å². The largest absolute Gasteiger partial charge is 0.352 e. The lowest BCUT2D eigenvalue weighted by molar-refractivity contribution is 0.634. The van der Waals surface area contributed by atoms with Gasteiger partial charge >= 0.3 is 0 Å². The summed E-state index contributed by atoms with van der Waals surface area (Å²) in [5, 5.41) is 3.61. The third kappa shape index (κ3) is 2.87. The Morgan fingerprint density at radius 3 is 2.85 bits per heavy atom. The van der Waals surface area contributed by atoms with Crippen molar-refractivity contribution >= 4 is 5.95 Å². The number of nitrogens with one attached hydrogen (secondary N) is 1. The van der Waals surface area contributed by atoms with Gasteiger partial charge in [0.1, 0.15) is 0 Å². The summed E-state index contributed by atoms with van der Waals surface area (Å²) in [7, 11) is 0. The molecule has 0 saturated heterocycles. The minimum absolute atomic E-state index is 0.541. The molecule has 2 atom stereocenters. The lowest BCUT2D eigenvalue weighted by Crippen LogP contribution is -2.10. The molecule has 3 nitrogen and oxygen atoms in total. The Bertz CT molecular complexity index is 559. The molecule has 2 unspecified atom stereocenters. The molecule has 0 amide bonds. The Morgan fingerprint density at radius 1 is 1.30 bits per heavy atom. The summed E-state index contributed by atoms with van der Waals surface area (Å²) in [6.07, 6.45) is 5.78. The number of imidazole rings is 1. The highest BCUT2D eigenvalue weighted by atomic mass is 15.2. The molecule has 0 radical (unpaired) electrons. The van der Waals surface area contributed by atoms with Crippen LogP contribution in [-0.2, 0) is 6.54 Å². The van der Waals surface area contributed by atoms with Crippen LogP contribution in [0.2, 0.25) is 0 Å². The molecule has 20 heavy (non-hydrogen) atoms. The van der Waals surface area contributed by atoms with Crippen molar-refractivity contribution in [3.05, 3.63) is 47.8 Å². The van der Waals surface area contributed by atoms with Crippen LogP contribution < -0.4 is 5.32 Å². The highest BCUT2D eigenvalue weighted by Gasteiger charge is 2.38. The molecular weight excluding hydrogens is 246 g/mol. The first kappa shape index (κ1) is 13.2. The molecule has 1 saturated carbocycles. The van der Waals surface area contributed by atoms with E-state index < -0.39 is 0 Å². The van der Waals surface area contributed by atoms with Crippen LogP contribution in [0.3, 0.4) is 0 Å². The van der Waals surface area contributed by atoms with Crippen LogP contribution in [-0.4, -0.2) is 15.6 Å². The number of benzene rings is 1. The second kappa shape index (κ2) is 5.70. The Hall–Kier alpha value is -1.77. The summed E-state index contributed by atoms with van der Waals surface area (Å²) in [6, 6.07) is 11.3. The van der Waals surface area contributed by atoms with E-state index >= 15 is 0 Å². The molecule has 0 aliphatic heterocycles. The van der Waals surface area contributed by atoms with Crippen LogP contribution in [0.25, 0.3) is 0 Å². The molecule has 0 spiro atoms. The van der Waals surface area contributed by atoms with E-state index in [2.05, 4.69) is 65.2 Å². The smallest absolute Gasteiger partial charge is 0.203 e. The molecule has 2 aromatic rings. The predicted molar refractivity (Wildman–Crippen MR) is 83.1 cm³/mol. The van der Waals surface area contributed by atoms with Crippen LogP contribution in [0.5, 0.6) is 0 Å². The van der Waals surface area contributed by atoms with Crippen molar-refractivity contribution in [2.75, 3.05) is 5.32 Å². The summed E-state index contributed by atoms with van der Waals surface area (Å²) in [5.74, 6) is 1.69. The van der Waals surface area contributed by atoms with Gasteiger partial charge in [-0.2, -0.15) is 0 Å². The first-order valence-corrected chi connectivity index (χ1v) is 7.63. The average molecular weight is 269 g/mol. The number of nitrogens with zero attached hydrogens (tertiary/aromatic N) is 2. The molecule has 106 valence electrons. The second-order valence-electron chi connectivity index (χ2n) is 5.76. The standard InChI is InChI=1S/C17H23N3/c1-3-4-10-20-12-13(2)18-17(20)19-16-11-15(16)14-8-6-5-7-9-14/h5-9,12,15-16H,3-4,10-11H2,1-2H3,(H,18,19). The van der Waals surface area contributed by atoms with Gasteiger partial charge < -0.3 is 9.88 Å². The lowest BCUT2D eigenvalue weighted by atomic mass is 10.1. The zero-order valence-corrected chi connectivity index (χ0v) is 12.3. The van der Waals surface area contributed by atoms with Crippen LogP contribution >= 0.6 is 0 Å². The maximum Gasteiger partial charge on any atom is 0.203 e. The second-order valence-corrected chi connectivity index (χ2v) is 5.76. The Labute approximate surface area is 121 Å². The first-order chi connectivity index (χ1) is 9.78. The molecule has 1 fully saturated rings. The van der Waals surface area contributed by atoms with E-state index in [4.69, 9.17) is 0 Å². The van der Waals surface area contributed by atoms with Gasteiger partial charge in [0.25, 0.3) is 0 Å². The van der Waals surface area contributed by atoms with Gasteiger partial charge in [-0.3, -0.25) is 0 Å². The first-order valence-electron chi connectivity index (χ1n) is 7.63. The van der Waals surface area contributed by atoms with E-state index in [0.717, 1.165) is 18.2 Å². The van der Waals surface area contributed by atoms with E-state index in [-0.39, 0.29) is 0 Å². The van der Waals surface area contributed by atoms with Crippen molar-refractivity contribution in [3.8, 4) is 0 Å². The number of hydrogen-bond acceptors (Lipinski definition) is 2. The fourth-order valence-corrected chi connectivity index (χ4v) is 2.75. The van der Waals surface area contributed by atoms with Gasteiger partial charge in [0, 0.05) is 24.7 Å². The lowest BCUT2D eigenvalue weighted by Gasteiger charge is -2.09. The van der Waals surface area contributed by atoms with Crippen molar-refractivity contribution in [3.63, 3.8) is 0 Å². The zero-order chi connectivity index (χ0) is 13.9. The maximum absolute atomic E-state index is 4.62. The van der Waals surface area contributed by atoms with Crippen LogP contribution in [0.4, 0.5) is 5.95 Å². The molecule has 1 aromatic carbocycles. The van der Waals surface area contributed by atoms with Crippen molar-refractivity contribution in [1.29, 1.82) is 0 Å². The van der Waals surface area contributed by atoms with E-state index in [9.17, 15) is 0 Å². The molecule has 1 aliphatic rings. The zero-order valence-electron chi connectivity index (χ0n) is 12.3. The fraction of sp³-hybridized carbons (Fsp3) is 0.471. The number of anilines is 1. The summed E-state index contributed by atoms with van der Waals surface area (Å²) in [5.41, 5.74) is 2.54. The van der Waals surface area contributed by atoms with Crippen LogP contribution in [0.1, 0.15) is 43.4 Å². The molecule has 1 heterocycles. The number of rotatable bonds is 6. The van der Waals surface area contributed by atoms with Gasteiger partial charge in [0.15, 0.2) is 0 Å². The van der Waals surface area contributed by atoms with E-state index in [1.165, 1.54) is 24.8 Å². The average Bonchev–Trinajstić information content (AvgIpc) is 3.14. The van der Waals surface area contributed by atoms with E-state index in [1.54, 1.807) is 0 Å². The summed E-state index contributed by atoms with van der Waals surface area (Å²) >= 11 is 0. The van der Waals surface area contributed by atoms with Crippen LogP contribution in [0, 0.1) is 6.92 Å². The predicted octanol–water partition coefficient (Wildman–Crippen LogP) is 3.96. The van der Waals surface area contributed by atoms with Crippen LogP contribution in [0.15, 0.2) is 36.5 Å². The number of aromatic nitrogens is 2. The Morgan fingerprint density at radius 2 is 2.10 bits per heavy atom. The summed E-state index contributed by atoms with van der Waals surface area (Å²) in [6.45, 7) is 5.35. The molecule has 3 heteroatoms. The number of hydrogen-bond donors (Lipinski definition) is 1. The number of unbranched alkanes of at least 4 members (excludes halogenated alkanes) is 1. The highest BCUT2D eigenvalue weighted by Crippen LogP contribution is 2.42. The Kier molecular flexibility index (Phi) is 3.77. The van der Waals surface area contributed by atoms with Gasteiger partial charge in [-0.25, -0.2) is 4.98 Å². The van der Waals surface area contributed by atoms with Gasteiger partial charge in [-0.05, 0) is 25.3 Å². The molecular formula is C17H23N3. The third-order valence-electron chi connectivity index (χ3n) is 3.98. The van der Waals surface area contributed by atoms with Crippen molar-refractivity contribution in [2.24, 2.45) is 0 Å². The van der Waals surface area contributed by atoms with Crippen molar-refractivity contribution in [1.82, 2.24) is 9.55 Å².